The van der Waals surface area contributed by atoms with Crippen LogP contribution in [0, 0.1) is 0 Å². The number of rotatable bonds is 3. The van der Waals surface area contributed by atoms with Crippen LogP contribution in [-0.4, -0.2) is 23.2 Å². The lowest BCUT2D eigenvalue weighted by Gasteiger charge is -2.28. The van der Waals surface area contributed by atoms with Gasteiger partial charge in [-0.2, -0.15) is 0 Å². The lowest BCUT2D eigenvalue weighted by molar-refractivity contribution is 0.277. The first-order chi connectivity index (χ1) is 8.31. The van der Waals surface area contributed by atoms with E-state index in [4.69, 9.17) is 5.11 Å². The van der Waals surface area contributed by atoms with Crippen LogP contribution in [-0.2, 0) is 6.61 Å². The summed E-state index contributed by atoms with van der Waals surface area (Å²) in [6, 6.07) is 6.48. The standard InChI is InChI=1S/C14H22N2O/c1-16(13-8-4-2-3-5-9-13)14-10-6-7-12(11-17)15-14/h6-7,10,13,17H,2-5,8-9,11H2,1H3. The number of aliphatic hydroxyl groups is 1. The first kappa shape index (κ1) is 12.4. The molecule has 1 aliphatic rings. The predicted octanol–water partition coefficient (Wildman–Crippen LogP) is 2.73. The molecule has 0 aromatic carbocycles. The van der Waals surface area contributed by atoms with Gasteiger partial charge in [0.25, 0.3) is 0 Å². The zero-order valence-electron chi connectivity index (χ0n) is 10.6. The Morgan fingerprint density at radius 2 is 1.94 bits per heavy atom. The molecule has 1 aromatic heterocycles. The van der Waals surface area contributed by atoms with Gasteiger partial charge in [0.2, 0.25) is 0 Å². The van der Waals surface area contributed by atoms with E-state index in [1.54, 1.807) is 0 Å². The molecule has 0 atom stereocenters. The average molecular weight is 234 g/mol. The Hall–Kier alpha value is -1.09. The fourth-order valence-electron chi connectivity index (χ4n) is 2.58. The SMILES string of the molecule is CN(c1cccc(CO)n1)C1CCCCCC1. The summed E-state index contributed by atoms with van der Waals surface area (Å²) >= 11 is 0. The van der Waals surface area contributed by atoms with E-state index in [1.165, 1.54) is 38.5 Å². The smallest absolute Gasteiger partial charge is 0.128 e. The first-order valence-electron chi connectivity index (χ1n) is 6.61. The summed E-state index contributed by atoms with van der Waals surface area (Å²) in [5.41, 5.74) is 0.753. The molecule has 3 heteroatoms. The second kappa shape index (κ2) is 6.01. The van der Waals surface area contributed by atoms with Gasteiger partial charge in [-0.3, -0.25) is 0 Å². The van der Waals surface area contributed by atoms with Crippen molar-refractivity contribution in [1.82, 2.24) is 4.98 Å². The highest BCUT2D eigenvalue weighted by Gasteiger charge is 2.18. The van der Waals surface area contributed by atoms with Crippen molar-refractivity contribution in [2.24, 2.45) is 0 Å². The molecule has 1 fully saturated rings. The average Bonchev–Trinajstić information content (AvgIpc) is 2.67. The van der Waals surface area contributed by atoms with E-state index in [9.17, 15) is 0 Å². The van der Waals surface area contributed by atoms with Crippen LogP contribution in [0.1, 0.15) is 44.2 Å². The fraction of sp³-hybridized carbons (Fsp3) is 0.643. The lowest BCUT2D eigenvalue weighted by atomic mass is 10.1. The largest absolute Gasteiger partial charge is 0.390 e. The number of anilines is 1. The maximum absolute atomic E-state index is 9.12. The number of aliphatic hydroxyl groups excluding tert-OH is 1. The fourth-order valence-corrected chi connectivity index (χ4v) is 2.58. The molecule has 17 heavy (non-hydrogen) atoms. The third-order valence-electron chi connectivity index (χ3n) is 3.69. The predicted molar refractivity (Wildman–Crippen MR) is 70.1 cm³/mol. The molecular formula is C14H22N2O. The molecule has 1 saturated carbocycles. The minimum absolute atomic E-state index is 0.0202. The highest BCUT2D eigenvalue weighted by Crippen LogP contribution is 2.24. The van der Waals surface area contributed by atoms with Gasteiger partial charge in [0.05, 0.1) is 12.3 Å². The van der Waals surface area contributed by atoms with Crippen LogP contribution in [0.25, 0.3) is 0 Å². The van der Waals surface area contributed by atoms with Gasteiger partial charge in [0, 0.05) is 13.1 Å². The number of aromatic nitrogens is 1. The Labute approximate surface area is 103 Å². The van der Waals surface area contributed by atoms with Crippen LogP contribution in [0.15, 0.2) is 18.2 Å². The van der Waals surface area contributed by atoms with E-state index in [-0.39, 0.29) is 6.61 Å². The summed E-state index contributed by atoms with van der Waals surface area (Å²) in [4.78, 5) is 6.76. The lowest BCUT2D eigenvalue weighted by Crippen LogP contribution is -2.31. The minimum atomic E-state index is 0.0202. The molecule has 0 amide bonds. The summed E-state index contributed by atoms with van der Waals surface area (Å²) in [7, 11) is 2.12. The molecule has 0 spiro atoms. The van der Waals surface area contributed by atoms with E-state index in [0.717, 1.165) is 11.5 Å². The van der Waals surface area contributed by atoms with Crippen LogP contribution in [0.2, 0.25) is 0 Å². The molecule has 1 N–H and O–H groups in total. The molecule has 0 unspecified atom stereocenters. The Balaban J connectivity index is 2.08. The van der Waals surface area contributed by atoms with Gasteiger partial charge in [-0.1, -0.05) is 31.7 Å². The van der Waals surface area contributed by atoms with Crippen molar-refractivity contribution in [3.05, 3.63) is 23.9 Å². The van der Waals surface area contributed by atoms with Gasteiger partial charge < -0.3 is 10.0 Å². The van der Waals surface area contributed by atoms with Crippen LogP contribution < -0.4 is 4.90 Å². The summed E-state index contributed by atoms with van der Waals surface area (Å²) in [6.45, 7) is 0.0202. The van der Waals surface area contributed by atoms with Crippen molar-refractivity contribution in [2.45, 2.75) is 51.2 Å². The Kier molecular flexibility index (Phi) is 4.37. The maximum atomic E-state index is 9.12. The number of pyridine rings is 1. The molecule has 1 heterocycles. The summed E-state index contributed by atoms with van der Waals surface area (Å²) in [5.74, 6) is 0.989. The topological polar surface area (TPSA) is 36.4 Å². The molecule has 0 aliphatic heterocycles. The zero-order chi connectivity index (χ0) is 12.1. The third kappa shape index (κ3) is 3.19. The normalized spacial score (nSPS) is 17.8. The van der Waals surface area contributed by atoms with Gasteiger partial charge >= 0.3 is 0 Å². The van der Waals surface area contributed by atoms with Gasteiger partial charge in [0.1, 0.15) is 5.82 Å². The van der Waals surface area contributed by atoms with Crippen LogP contribution in [0.4, 0.5) is 5.82 Å². The van der Waals surface area contributed by atoms with E-state index in [0.29, 0.717) is 6.04 Å². The monoisotopic (exact) mass is 234 g/mol. The quantitative estimate of drug-likeness (QED) is 0.817. The molecule has 94 valence electrons. The third-order valence-corrected chi connectivity index (χ3v) is 3.69. The van der Waals surface area contributed by atoms with Gasteiger partial charge in [-0.25, -0.2) is 4.98 Å². The van der Waals surface area contributed by atoms with Crippen molar-refractivity contribution >= 4 is 5.82 Å². The Morgan fingerprint density at radius 3 is 2.59 bits per heavy atom. The second-order valence-corrected chi connectivity index (χ2v) is 4.90. The van der Waals surface area contributed by atoms with Crippen LogP contribution in [0.3, 0.4) is 0 Å². The van der Waals surface area contributed by atoms with E-state index in [1.807, 2.05) is 18.2 Å². The van der Waals surface area contributed by atoms with Gasteiger partial charge in [0.15, 0.2) is 0 Å². The Bertz CT molecular complexity index is 346. The van der Waals surface area contributed by atoms with Crippen molar-refractivity contribution in [1.29, 1.82) is 0 Å². The summed E-state index contributed by atoms with van der Waals surface area (Å²) < 4.78 is 0. The molecule has 1 aliphatic carbocycles. The molecule has 3 nitrogen and oxygen atoms in total. The first-order valence-corrected chi connectivity index (χ1v) is 6.61. The number of hydrogen-bond acceptors (Lipinski definition) is 3. The highest BCUT2D eigenvalue weighted by molar-refractivity contribution is 5.39. The van der Waals surface area contributed by atoms with E-state index >= 15 is 0 Å². The van der Waals surface area contributed by atoms with Crippen molar-refractivity contribution in [3.8, 4) is 0 Å². The molecule has 0 bridgehead atoms. The second-order valence-electron chi connectivity index (χ2n) is 4.90. The van der Waals surface area contributed by atoms with Crippen LogP contribution in [0.5, 0.6) is 0 Å². The summed E-state index contributed by atoms with van der Waals surface area (Å²) in [5, 5.41) is 9.12. The molecule has 0 radical (unpaired) electrons. The molecule has 1 aromatic rings. The van der Waals surface area contributed by atoms with Crippen LogP contribution >= 0.6 is 0 Å². The Morgan fingerprint density at radius 1 is 1.24 bits per heavy atom. The molecule has 2 rings (SSSR count). The van der Waals surface area contributed by atoms with Gasteiger partial charge in [-0.05, 0) is 25.0 Å². The van der Waals surface area contributed by atoms with Crippen molar-refractivity contribution < 1.29 is 5.11 Å². The molecule has 0 saturated heterocycles. The molecular weight excluding hydrogens is 212 g/mol. The van der Waals surface area contributed by atoms with E-state index in [2.05, 4.69) is 16.9 Å². The van der Waals surface area contributed by atoms with Crippen molar-refractivity contribution in [3.63, 3.8) is 0 Å². The number of nitrogens with zero attached hydrogens (tertiary/aromatic N) is 2. The number of hydrogen-bond donors (Lipinski definition) is 1. The zero-order valence-corrected chi connectivity index (χ0v) is 10.6. The minimum Gasteiger partial charge on any atom is -0.390 e. The maximum Gasteiger partial charge on any atom is 0.128 e. The van der Waals surface area contributed by atoms with Crippen molar-refractivity contribution in [2.75, 3.05) is 11.9 Å². The van der Waals surface area contributed by atoms with Gasteiger partial charge in [-0.15, -0.1) is 0 Å². The van der Waals surface area contributed by atoms with E-state index < -0.39 is 0 Å². The highest BCUT2D eigenvalue weighted by atomic mass is 16.3. The summed E-state index contributed by atoms with van der Waals surface area (Å²) in [6.07, 6.45) is 7.93.